The van der Waals surface area contributed by atoms with E-state index in [0.29, 0.717) is 18.7 Å². The van der Waals surface area contributed by atoms with E-state index in [4.69, 9.17) is 0 Å². The first-order valence-corrected chi connectivity index (χ1v) is 8.97. The Bertz CT molecular complexity index is 523. The summed E-state index contributed by atoms with van der Waals surface area (Å²) in [7, 11) is 0. The molecule has 118 valence electrons. The number of pyridine rings is 1. The number of likely N-dealkylation sites (tertiary alicyclic amines) is 1. The lowest BCUT2D eigenvalue weighted by molar-refractivity contribution is -0.136. The van der Waals surface area contributed by atoms with Crippen molar-refractivity contribution in [2.75, 3.05) is 37.7 Å². The van der Waals surface area contributed by atoms with Crippen LogP contribution in [-0.4, -0.2) is 64.3 Å². The van der Waals surface area contributed by atoms with Crippen molar-refractivity contribution >= 4 is 23.6 Å². The lowest BCUT2D eigenvalue weighted by atomic mass is 9.94. The van der Waals surface area contributed by atoms with Gasteiger partial charge in [-0.05, 0) is 25.0 Å². The Balaban J connectivity index is 1.54. The van der Waals surface area contributed by atoms with E-state index < -0.39 is 0 Å². The Morgan fingerprint density at radius 3 is 2.27 bits per heavy atom. The number of nitrogens with zero attached hydrogens (tertiary/aromatic N) is 3. The molecule has 2 aliphatic heterocycles. The molecule has 5 nitrogen and oxygen atoms in total. The van der Waals surface area contributed by atoms with E-state index in [1.807, 2.05) is 21.6 Å². The van der Waals surface area contributed by atoms with Crippen LogP contribution in [0, 0.1) is 5.92 Å². The highest BCUT2D eigenvalue weighted by Gasteiger charge is 2.30. The summed E-state index contributed by atoms with van der Waals surface area (Å²) < 4.78 is 0. The Morgan fingerprint density at radius 2 is 1.64 bits per heavy atom. The zero-order valence-electron chi connectivity index (χ0n) is 12.6. The average Bonchev–Trinajstić information content (AvgIpc) is 2.62. The number of hydrogen-bond donors (Lipinski definition) is 0. The molecule has 0 spiro atoms. The molecule has 0 N–H and O–H groups in total. The zero-order valence-corrected chi connectivity index (χ0v) is 13.4. The molecule has 0 aromatic carbocycles. The molecule has 0 aliphatic carbocycles. The minimum absolute atomic E-state index is 0.0441. The number of aromatic nitrogens is 1. The first-order chi connectivity index (χ1) is 10.8. The van der Waals surface area contributed by atoms with Gasteiger partial charge in [-0.1, -0.05) is 0 Å². The zero-order chi connectivity index (χ0) is 15.4. The number of piperidine rings is 1. The molecule has 0 unspecified atom stereocenters. The number of rotatable bonds is 2. The summed E-state index contributed by atoms with van der Waals surface area (Å²) in [5.41, 5.74) is 0.674. The minimum atomic E-state index is 0.0441. The van der Waals surface area contributed by atoms with Gasteiger partial charge in [0.1, 0.15) is 0 Å². The number of amides is 2. The average molecular weight is 319 g/mol. The molecule has 3 rings (SSSR count). The normalized spacial score (nSPS) is 20.0. The second kappa shape index (κ2) is 7.13. The summed E-state index contributed by atoms with van der Waals surface area (Å²) >= 11 is 1.91. The fraction of sp³-hybridized carbons (Fsp3) is 0.562. The third kappa shape index (κ3) is 3.43. The molecule has 3 heterocycles. The third-order valence-corrected chi connectivity index (χ3v) is 5.32. The number of carbonyl (C=O) groups is 2. The maximum absolute atomic E-state index is 12.5. The molecular weight excluding hydrogens is 298 g/mol. The molecule has 0 saturated carbocycles. The van der Waals surface area contributed by atoms with Crippen LogP contribution in [0.5, 0.6) is 0 Å². The lowest BCUT2D eigenvalue weighted by Gasteiger charge is -2.35. The molecule has 0 radical (unpaired) electrons. The van der Waals surface area contributed by atoms with Gasteiger partial charge in [-0.15, -0.1) is 0 Å². The lowest BCUT2D eigenvalue weighted by Crippen LogP contribution is -2.46. The molecular formula is C16H21N3O2S. The van der Waals surface area contributed by atoms with Crippen molar-refractivity contribution in [3.05, 3.63) is 30.1 Å². The van der Waals surface area contributed by atoms with Crippen molar-refractivity contribution in [3.63, 3.8) is 0 Å². The second-order valence-electron chi connectivity index (χ2n) is 5.74. The van der Waals surface area contributed by atoms with Gasteiger partial charge in [-0.25, -0.2) is 0 Å². The van der Waals surface area contributed by atoms with Crippen LogP contribution < -0.4 is 0 Å². The van der Waals surface area contributed by atoms with Crippen LogP contribution in [0.25, 0.3) is 0 Å². The van der Waals surface area contributed by atoms with Gasteiger partial charge in [0.15, 0.2) is 0 Å². The van der Waals surface area contributed by atoms with Crippen molar-refractivity contribution in [1.29, 1.82) is 0 Å². The molecule has 2 fully saturated rings. The van der Waals surface area contributed by atoms with Crippen molar-refractivity contribution < 1.29 is 9.59 Å². The minimum Gasteiger partial charge on any atom is -0.341 e. The Hall–Kier alpha value is -1.56. The first kappa shape index (κ1) is 15.3. The van der Waals surface area contributed by atoms with E-state index in [1.54, 1.807) is 24.5 Å². The van der Waals surface area contributed by atoms with Gasteiger partial charge in [-0.3, -0.25) is 14.6 Å². The summed E-state index contributed by atoms with van der Waals surface area (Å²) in [5.74, 6) is 2.51. The number of carbonyl (C=O) groups excluding carboxylic acids is 2. The number of thioether (sulfide) groups is 1. The van der Waals surface area contributed by atoms with Gasteiger partial charge in [0.25, 0.3) is 5.91 Å². The van der Waals surface area contributed by atoms with Crippen LogP contribution in [-0.2, 0) is 4.79 Å². The van der Waals surface area contributed by atoms with E-state index >= 15 is 0 Å². The van der Waals surface area contributed by atoms with Crippen LogP contribution in [0.3, 0.4) is 0 Å². The SMILES string of the molecule is O=C(c1ccncc1)N1CCC(C(=O)N2CCSCC2)CC1. The van der Waals surface area contributed by atoms with Crippen LogP contribution in [0.15, 0.2) is 24.5 Å². The smallest absolute Gasteiger partial charge is 0.253 e. The summed E-state index contributed by atoms with van der Waals surface area (Å²) in [5, 5.41) is 0. The van der Waals surface area contributed by atoms with Crippen molar-refractivity contribution in [1.82, 2.24) is 14.8 Å². The predicted molar refractivity (Wildman–Crippen MR) is 86.8 cm³/mol. The van der Waals surface area contributed by atoms with Gasteiger partial charge >= 0.3 is 0 Å². The molecule has 2 amide bonds. The Morgan fingerprint density at radius 1 is 1.00 bits per heavy atom. The maximum Gasteiger partial charge on any atom is 0.253 e. The molecule has 1 aromatic heterocycles. The molecule has 1 aromatic rings. The highest BCUT2D eigenvalue weighted by atomic mass is 32.2. The maximum atomic E-state index is 12.5. The molecule has 6 heteroatoms. The molecule has 0 atom stereocenters. The van der Waals surface area contributed by atoms with Gasteiger partial charge in [0, 0.05) is 61.6 Å². The second-order valence-corrected chi connectivity index (χ2v) is 6.96. The van der Waals surface area contributed by atoms with E-state index in [-0.39, 0.29) is 17.7 Å². The van der Waals surface area contributed by atoms with Gasteiger partial charge in [0.05, 0.1) is 0 Å². The monoisotopic (exact) mass is 319 g/mol. The quantitative estimate of drug-likeness (QED) is 0.829. The van der Waals surface area contributed by atoms with Gasteiger partial charge < -0.3 is 9.80 Å². The Kier molecular flexibility index (Phi) is 4.97. The highest BCUT2D eigenvalue weighted by Crippen LogP contribution is 2.22. The predicted octanol–water partition coefficient (Wildman–Crippen LogP) is 1.51. The summed E-state index contributed by atoms with van der Waals surface area (Å²) in [4.78, 5) is 32.7. The fourth-order valence-electron chi connectivity index (χ4n) is 3.05. The fourth-order valence-corrected chi connectivity index (χ4v) is 3.95. The summed E-state index contributed by atoms with van der Waals surface area (Å²) in [6, 6.07) is 3.48. The third-order valence-electron chi connectivity index (χ3n) is 4.38. The molecule has 2 aliphatic rings. The topological polar surface area (TPSA) is 53.5 Å². The molecule has 22 heavy (non-hydrogen) atoms. The van der Waals surface area contributed by atoms with E-state index in [2.05, 4.69) is 4.98 Å². The van der Waals surface area contributed by atoms with Gasteiger partial charge in [-0.2, -0.15) is 11.8 Å². The highest BCUT2D eigenvalue weighted by molar-refractivity contribution is 7.99. The van der Waals surface area contributed by atoms with Crippen LogP contribution in [0.4, 0.5) is 0 Å². The van der Waals surface area contributed by atoms with Crippen LogP contribution >= 0.6 is 11.8 Å². The largest absolute Gasteiger partial charge is 0.341 e. The van der Waals surface area contributed by atoms with Crippen LogP contribution in [0.2, 0.25) is 0 Å². The number of hydrogen-bond acceptors (Lipinski definition) is 4. The first-order valence-electron chi connectivity index (χ1n) is 7.81. The standard InChI is InChI=1S/C16H21N3O2S/c20-15(13-1-5-17-6-2-13)18-7-3-14(4-8-18)16(21)19-9-11-22-12-10-19/h1-2,5-6,14H,3-4,7-12H2. The van der Waals surface area contributed by atoms with E-state index in [9.17, 15) is 9.59 Å². The Labute approximate surface area is 135 Å². The van der Waals surface area contributed by atoms with Gasteiger partial charge in [0.2, 0.25) is 5.91 Å². The summed E-state index contributed by atoms with van der Waals surface area (Å²) in [6.45, 7) is 3.08. The summed E-state index contributed by atoms with van der Waals surface area (Å²) in [6.07, 6.45) is 4.83. The van der Waals surface area contributed by atoms with Crippen molar-refractivity contribution in [3.8, 4) is 0 Å². The van der Waals surface area contributed by atoms with E-state index in [1.165, 1.54) is 0 Å². The van der Waals surface area contributed by atoms with Crippen molar-refractivity contribution in [2.45, 2.75) is 12.8 Å². The van der Waals surface area contributed by atoms with Crippen LogP contribution in [0.1, 0.15) is 23.2 Å². The molecule has 0 bridgehead atoms. The van der Waals surface area contributed by atoms with E-state index in [0.717, 1.165) is 37.4 Å². The molecule has 2 saturated heterocycles. The van der Waals surface area contributed by atoms with Crippen molar-refractivity contribution in [2.24, 2.45) is 5.92 Å².